The molecule has 0 fully saturated rings. The van der Waals surface area contributed by atoms with E-state index in [-0.39, 0.29) is 31.9 Å². The molecular weight excluding hydrogens is 396 g/mol. The molecule has 0 aromatic rings. The second-order valence-corrected chi connectivity index (χ2v) is 5.85. The highest BCUT2D eigenvalue weighted by Crippen LogP contribution is 2.08. The number of esters is 4. The first-order chi connectivity index (χ1) is 14.2. The number of hydrogen-bond acceptors (Lipinski definition) is 8. The van der Waals surface area contributed by atoms with Gasteiger partial charge in [0.2, 0.25) is 0 Å². The third kappa shape index (κ3) is 18.2. The molecule has 10 nitrogen and oxygen atoms in total. The van der Waals surface area contributed by atoms with E-state index >= 15 is 0 Å². The van der Waals surface area contributed by atoms with Crippen molar-refractivity contribution >= 4 is 23.9 Å². The van der Waals surface area contributed by atoms with E-state index in [0.717, 1.165) is 6.42 Å². The highest BCUT2D eigenvalue weighted by atomic mass is 16.6. The molecule has 0 rings (SSSR count). The zero-order valence-electron chi connectivity index (χ0n) is 18.0. The van der Waals surface area contributed by atoms with Gasteiger partial charge < -0.3 is 28.6 Å². The van der Waals surface area contributed by atoms with Crippen LogP contribution in [-0.4, -0.2) is 62.4 Å². The third-order valence-corrected chi connectivity index (χ3v) is 3.12. The predicted octanol–water partition coefficient (Wildman–Crippen LogP) is 2.36. The van der Waals surface area contributed by atoms with Crippen LogP contribution in [0.25, 0.3) is 9.69 Å². The van der Waals surface area contributed by atoms with Crippen molar-refractivity contribution in [3.05, 3.63) is 22.8 Å². The topological polar surface area (TPSA) is 114 Å². The zero-order chi connectivity index (χ0) is 23.4. The minimum absolute atomic E-state index is 0.0254. The second kappa shape index (κ2) is 19.2. The molecule has 0 amide bonds. The lowest BCUT2D eigenvalue weighted by Crippen LogP contribution is -2.23. The fourth-order valence-electron chi connectivity index (χ4n) is 2.04. The van der Waals surface area contributed by atoms with Crippen LogP contribution in [0.15, 0.2) is 0 Å². The first-order valence-electron chi connectivity index (χ1n) is 9.60. The van der Waals surface area contributed by atoms with Gasteiger partial charge in [-0.3, -0.25) is 9.59 Å². The summed E-state index contributed by atoms with van der Waals surface area (Å²) in [6, 6.07) is 0. The molecule has 30 heavy (non-hydrogen) atoms. The van der Waals surface area contributed by atoms with E-state index in [4.69, 9.17) is 27.4 Å². The minimum atomic E-state index is -0.614. The van der Waals surface area contributed by atoms with Gasteiger partial charge in [0.1, 0.15) is 12.2 Å². The molecule has 0 saturated heterocycles. The maximum atomic E-state index is 11.2. The van der Waals surface area contributed by atoms with Crippen molar-refractivity contribution in [1.82, 2.24) is 0 Å². The number of carbonyl (C=O) groups excluding carboxylic acids is 4. The van der Waals surface area contributed by atoms with Gasteiger partial charge in [0.25, 0.3) is 0 Å². The summed E-state index contributed by atoms with van der Waals surface area (Å²) in [5, 5.41) is 0. The lowest BCUT2D eigenvalue weighted by atomic mass is 10.1. The van der Waals surface area contributed by atoms with E-state index in [2.05, 4.69) is 14.4 Å². The Balaban J connectivity index is 0. The molecule has 10 heteroatoms. The summed E-state index contributed by atoms with van der Waals surface area (Å²) in [6.45, 7) is 19.9. The highest BCUT2D eigenvalue weighted by molar-refractivity contribution is 5.75. The fourth-order valence-corrected chi connectivity index (χ4v) is 2.04. The van der Waals surface area contributed by atoms with Gasteiger partial charge in [-0.05, 0) is 27.2 Å². The summed E-state index contributed by atoms with van der Waals surface area (Å²) < 4.78 is 19.2. The van der Waals surface area contributed by atoms with Gasteiger partial charge in [0.15, 0.2) is 0 Å². The summed E-state index contributed by atoms with van der Waals surface area (Å²) in [4.78, 5) is 49.8. The van der Waals surface area contributed by atoms with Crippen LogP contribution in [0.4, 0.5) is 0 Å². The Morgan fingerprint density at radius 2 is 1.23 bits per heavy atom. The summed E-state index contributed by atoms with van der Waals surface area (Å²) in [5.41, 5.74) is 0. The molecule has 0 aliphatic heterocycles. The number of hydrogen-bond donors (Lipinski definition) is 0. The first-order valence-corrected chi connectivity index (χ1v) is 9.60. The van der Waals surface area contributed by atoms with Gasteiger partial charge in [-0.2, -0.15) is 0 Å². The third-order valence-electron chi connectivity index (χ3n) is 3.12. The Bertz CT molecular complexity index is 621. The van der Waals surface area contributed by atoms with Crippen LogP contribution in [0.5, 0.6) is 0 Å². The molecule has 0 aromatic carbocycles. The quantitative estimate of drug-likeness (QED) is 0.265. The van der Waals surface area contributed by atoms with Crippen LogP contribution in [0.3, 0.4) is 0 Å². The zero-order valence-corrected chi connectivity index (χ0v) is 18.0. The van der Waals surface area contributed by atoms with Crippen molar-refractivity contribution in [2.24, 2.45) is 0 Å². The van der Waals surface area contributed by atoms with Crippen LogP contribution >= 0.6 is 0 Å². The van der Waals surface area contributed by atoms with Crippen LogP contribution in [0.1, 0.15) is 53.4 Å². The Morgan fingerprint density at radius 3 is 1.67 bits per heavy atom. The van der Waals surface area contributed by atoms with Crippen LogP contribution in [0.2, 0.25) is 0 Å². The highest BCUT2D eigenvalue weighted by Gasteiger charge is 2.19. The fraction of sp³-hybridized carbons (Fsp3) is 0.700. The smallest absolute Gasteiger partial charge is 0.387 e. The molecule has 0 spiro atoms. The lowest BCUT2D eigenvalue weighted by molar-refractivity contribution is -0.155. The van der Waals surface area contributed by atoms with Crippen LogP contribution in [-0.2, 0) is 38.1 Å². The average molecular weight is 426 g/mol. The van der Waals surface area contributed by atoms with Crippen molar-refractivity contribution < 1.29 is 38.1 Å². The molecule has 2 unspecified atom stereocenters. The molecular formula is C20H30N2O8. The van der Waals surface area contributed by atoms with E-state index in [1.807, 2.05) is 6.92 Å². The predicted molar refractivity (Wildman–Crippen MR) is 106 cm³/mol. The van der Waals surface area contributed by atoms with Gasteiger partial charge in [0, 0.05) is 0 Å². The van der Waals surface area contributed by atoms with Gasteiger partial charge in [-0.1, -0.05) is 13.3 Å². The molecule has 0 aromatic heterocycles. The van der Waals surface area contributed by atoms with Crippen molar-refractivity contribution in [2.75, 3.05) is 26.3 Å². The van der Waals surface area contributed by atoms with Crippen molar-refractivity contribution in [2.45, 2.75) is 65.6 Å². The summed E-state index contributed by atoms with van der Waals surface area (Å²) in [7, 11) is 0. The number of ether oxygens (including phenoxy) is 4. The molecule has 0 bridgehead atoms. The Kier molecular flexibility index (Phi) is 18.6. The Morgan fingerprint density at radius 1 is 0.767 bits per heavy atom. The van der Waals surface area contributed by atoms with E-state index in [0.29, 0.717) is 19.6 Å². The van der Waals surface area contributed by atoms with Crippen molar-refractivity contribution in [1.29, 1.82) is 0 Å². The summed E-state index contributed by atoms with van der Waals surface area (Å²) in [5.74, 6) is -1.98. The van der Waals surface area contributed by atoms with Gasteiger partial charge in [-0.15, -0.1) is 0 Å². The molecule has 0 radical (unpaired) electrons. The SMILES string of the molecule is [C-]#[N+]CC(=O)OC(C)CC(=O)OCC.[C-]#[N+]CC(=O)OC(CCC)CC(=O)OCC. The van der Waals surface area contributed by atoms with E-state index in [1.165, 1.54) is 0 Å². The molecule has 0 saturated carbocycles. The number of nitrogens with zero attached hydrogens (tertiary/aromatic N) is 2. The van der Waals surface area contributed by atoms with Crippen molar-refractivity contribution in [3.8, 4) is 0 Å². The van der Waals surface area contributed by atoms with Gasteiger partial charge in [-0.25, -0.2) is 22.7 Å². The van der Waals surface area contributed by atoms with Gasteiger partial charge >= 0.3 is 37.0 Å². The maximum absolute atomic E-state index is 11.2. The molecule has 0 aliphatic carbocycles. The maximum Gasteiger partial charge on any atom is 0.387 e. The van der Waals surface area contributed by atoms with Gasteiger partial charge in [0.05, 0.1) is 26.1 Å². The first kappa shape index (κ1) is 29.1. The normalized spacial score (nSPS) is 11.3. The molecule has 168 valence electrons. The number of carbonyl (C=O) groups is 4. The van der Waals surface area contributed by atoms with Crippen LogP contribution in [0, 0.1) is 13.1 Å². The molecule has 2 atom stereocenters. The van der Waals surface area contributed by atoms with Crippen molar-refractivity contribution in [3.63, 3.8) is 0 Å². The van der Waals surface area contributed by atoms with Crippen LogP contribution < -0.4 is 0 Å². The van der Waals surface area contributed by atoms with E-state index in [9.17, 15) is 19.2 Å². The summed E-state index contributed by atoms with van der Waals surface area (Å²) >= 11 is 0. The largest absolute Gasteiger partial charge is 0.466 e. The van der Waals surface area contributed by atoms with E-state index in [1.54, 1.807) is 20.8 Å². The molecule has 0 N–H and O–H groups in total. The average Bonchev–Trinajstić information content (AvgIpc) is 2.62. The summed E-state index contributed by atoms with van der Waals surface area (Å²) in [6.07, 6.45) is 0.475. The Hall–Kier alpha value is -3.14. The standard InChI is InChI=1S/C11H17NO4.C9H13NO4/c1-4-6-9(7-10(13)15-5-2)16-11(14)8-12-3;1-4-13-8(11)5-7(2)14-9(12)6-10-3/h9H,4-8H2,1-2H3;7H,4-6H2,1-2H3. The second-order valence-electron chi connectivity index (χ2n) is 5.85. The Labute approximate surface area is 177 Å². The molecule has 0 heterocycles. The molecule has 0 aliphatic rings. The monoisotopic (exact) mass is 426 g/mol. The van der Waals surface area contributed by atoms with E-state index < -0.39 is 30.1 Å². The lowest BCUT2D eigenvalue weighted by Gasteiger charge is -2.14. The number of rotatable bonds is 12. The minimum Gasteiger partial charge on any atom is -0.466 e.